The van der Waals surface area contributed by atoms with Gasteiger partial charge in [-0.15, -0.1) is 0 Å². The van der Waals surface area contributed by atoms with Crippen molar-refractivity contribution >= 4 is 23.3 Å². The third-order valence-corrected chi connectivity index (χ3v) is 7.62. The largest absolute Gasteiger partial charge is 0.386 e. The summed E-state index contributed by atoms with van der Waals surface area (Å²) in [5, 5.41) is 2.86. The Morgan fingerprint density at radius 3 is 2.31 bits per heavy atom. The minimum Gasteiger partial charge on any atom is -0.386 e. The summed E-state index contributed by atoms with van der Waals surface area (Å²) in [5.74, 6) is -2.24. The number of nitrogens with zero attached hydrogens (tertiary/aromatic N) is 1. The SMILES string of the molecule is C=C(N)NCCC[C@H](CC(=O)[C@@H]1CCCN1C(=O)[C@@H](CC(=O)c1ccc(C(C)(C)C)cc1)C(C)C)C(=O)CF. The van der Waals surface area contributed by atoms with E-state index in [0.29, 0.717) is 50.2 Å². The summed E-state index contributed by atoms with van der Waals surface area (Å²) in [5.41, 5.74) is 7.15. The van der Waals surface area contributed by atoms with E-state index in [1.165, 1.54) is 0 Å². The van der Waals surface area contributed by atoms with Gasteiger partial charge in [0.2, 0.25) is 5.91 Å². The highest BCUT2D eigenvalue weighted by Gasteiger charge is 2.39. The highest BCUT2D eigenvalue weighted by molar-refractivity contribution is 5.99. The monoisotopic (exact) mass is 543 g/mol. The lowest BCUT2D eigenvalue weighted by molar-refractivity contribution is -0.142. The van der Waals surface area contributed by atoms with Crippen molar-refractivity contribution in [2.24, 2.45) is 23.5 Å². The number of ketones is 3. The smallest absolute Gasteiger partial charge is 0.227 e. The van der Waals surface area contributed by atoms with Crippen LogP contribution in [0.25, 0.3) is 0 Å². The zero-order valence-corrected chi connectivity index (χ0v) is 24.2. The zero-order valence-electron chi connectivity index (χ0n) is 24.2. The minimum absolute atomic E-state index is 0.0282. The number of hydrogen-bond donors (Lipinski definition) is 2. The van der Waals surface area contributed by atoms with Gasteiger partial charge in [0, 0.05) is 43.3 Å². The molecule has 0 bridgehead atoms. The lowest BCUT2D eigenvalue weighted by atomic mass is 9.84. The normalized spacial score (nSPS) is 17.1. The molecular weight excluding hydrogens is 497 g/mol. The summed E-state index contributed by atoms with van der Waals surface area (Å²) in [4.78, 5) is 53.9. The molecule has 1 aromatic carbocycles. The van der Waals surface area contributed by atoms with Crippen LogP contribution >= 0.6 is 0 Å². The van der Waals surface area contributed by atoms with Crippen LogP contribution in [0.1, 0.15) is 89.1 Å². The maximum atomic E-state index is 13.7. The maximum absolute atomic E-state index is 13.7. The van der Waals surface area contributed by atoms with E-state index in [2.05, 4.69) is 32.7 Å². The molecule has 216 valence electrons. The Labute approximate surface area is 232 Å². The Morgan fingerprint density at radius 2 is 1.77 bits per heavy atom. The van der Waals surface area contributed by atoms with Gasteiger partial charge < -0.3 is 16.0 Å². The predicted octanol–water partition coefficient (Wildman–Crippen LogP) is 4.73. The van der Waals surface area contributed by atoms with Crippen LogP contribution < -0.4 is 11.1 Å². The van der Waals surface area contributed by atoms with Crippen molar-refractivity contribution in [3.63, 3.8) is 0 Å². The quantitative estimate of drug-likeness (QED) is 0.244. The topological polar surface area (TPSA) is 110 Å². The van der Waals surface area contributed by atoms with Gasteiger partial charge in [-0.25, -0.2) is 4.39 Å². The molecule has 1 aliphatic heterocycles. The van der Waals surface area contributed by atoms with E-state index in [-0.39, 0.29) is 41.6 Å². The van der Waals surface area contributed by atoms with Crippen molar-refractivity contribution in [2.75, 3.05) is 19.8 Å². The molecule has 0 radical (unpaired) electrons. The molecule has 3 N–H and O–H groups in total. The first-order chi connectivity index (χ1) is 18.3. The zero-order chi connectivity index (χ0) is 29.3. The van der Waals surface area contributed by atoms with Gasteiger partial charge in [-0.1, -0.05) is 65.5 Å². The summed E-state index contributed by atoms with van der Waals surface area (Å²) in [6.07, 6.45) is 1.99. The number of alkyl halides is 1. The van der Waals surface area contributed by atoms with E-state index in [1.807, 2.05) is 38.1 Å². The molecule has 1 fully saturated rings. The summed E-state index contributed by atoms with van der Waals surface area (Å²) >= 11 is 0. The van der Waals surface area contributed by atoms with Crippen LogP contribution in [0.4, 0.5) is 4.39 Å². The van der Waals surface area contributed by atoms with E-state index in [0.717, 1.165) is 5.56 Å². The standard InChI is InChI=1S/C31H46FN3O4/c1-20(2)25(18-27(36)22-11-13-24(14-12-22)31(4,5)6)30(39)35-16-8-10-26(35)28(37)17-23(29(38)19-32)9-7-15-34-21(3)33/h11-14,20,23,25-26,34H,3,7-10,15-19,33H2,1-2,4-6H3/t23-,25+,26+/m1/s1. The fourth-order valence-electron chi connectivity index (χ4n) is 5.12. The van der Waals surface area contributed by atoms with E-state index in [1.54, 1.807) is 4.90 Å². The van der Waals surface area contributed by atoms with Crippen molar-refractivity contribution in [1.82, 2.24) is 10.2 Å². The molecule has 2 rings (SSSR count). The number of nitrogens with two attached hydrogens (primary N) is 1. The lowest BCUT2D eigenvalue weighted by Gasteiger charge is -2.30. The molecule has 1 aliphatic rings. The van der Waals surface area contributed by atoms with Crippen LogP contribution in [-0.4, -0.2) is 54.0 Å². The molecule has 0 aromatic heterocycles. The van der Waals surface area contributed by atoms with Crippen molar-refractivity contribution in [2.45, 2.75) is 84.6 Å². The second-order valence-electron chi connectivity index (χ2n) is 12.1. The molecule has 0 saturated carbocycles. The van der Waals surface area contributed by atoms with Gasteiger partial charge in [0.15, 0.2) is 17.3 Å². The number of benzene rings is 1. The van der Waals surface area contributed by atoms with Crippen LogP contribution in [0.15, 0.2) is 36.7 Å². The average Bonchev–Trinajstić information content (AvgIpc) is 3.37. The van der Waals surface area contributed by atoms with Crippen LogP contribution in [0.5, 0.6) is 0 Å². The fourth-order valence-corrected chi connectivity index (χ4v) is 5.12. The van der Waals surface area contributed by atoms with Crippen LogP contribution in [0.3, 0.4) is 0 Å². The number of likely N-dealkylation sites (tertiary alicyclic amines) is 1. The van der Waals surface area contributed by atoms with Gasteiger partial charge in [0.25, 0.3) is 0 Å². The molecule has 1 saturated heterocycles. The maximum Gasteiger partial charge on any atom is 0.227 e. The summed E-state index contributed by atoms with van der Waals surface area (Å²) in [6, 6.07) is 6.87. The Morgan fingerprint density at radius 1 is 1.13 bits per heavy atom. The second kappa shape index (κ2) is 14.4. The molecule has 1 heterocycles. The summed E-state index contributed by atoms with van der Waals surface area (Å²) in [7, 11) is 0. The number of rotatable bonds is 15. The number of carbonyl (C=O) groups excluding carboxylic acids is 4. The first kappa shape index (κ1) is 32.2. The van der Waals surface area contributed by atoms with Crippen LogP contribution in [0, 0.1) is 17.8 Å². The summed E-state index contributed by atoms with van der Waals surface area (Å²) in [6.45, 7) is 13.5. The van der Waals surface area contributed by atoms with Gasteiger partial charge in [0.05, 0.1) is 11.9 Å². The van der Waals surface area contributed by atoms with Gasteiger partial charge in [-0.3, -0.25) is 19.2 Å². The molecule has 0 spiro atoms. The number of hydrogen-bond acceptors (Lipinski definition) is 6. The van der Waals surface area contributed by atoms with Crippen molar-refractivity contribution < 1.29 is 23.6 Å². The molecule has 3 atom stereocenters. The molecular formula is C31H46FN3O4. The third kappa shape index (κ3) is 9.29. The number of nitrogens with one attached hydrogen (secondary N) is 1. The lowest BCUT2D eigenvalue weighted by Crippen LogP contribution is -2.45. The number of Topliss-reactive ketones (excluding diaryl/α,β-unsaturated/α-hetero) is 3. The highest BCUT2D eigenvalue weighted by atomic mass is 19.1. The fraction of sp³-hybridized carbons (Fsp3) is 0.613. The van der Waals surface area contributed by atoms with Crippen molar-refractivity contribution in [3.8, 4) is 0 Å². The van der Waals surface area contributed by atoms with E-state index >= 15 is 0 Å². The summed E-state index contributed by atoms with van der Waals surface area (Å²) < 4.78 is 13.2. The molecule has 7 nitrogen and oxygen atoms in total. The Bertz CT molecular complexity index is 1030. The van der Waals surface area contributed by atoms with Crippen molar-refractivity contribution in [1.29, 1.82) is 0 Å². The van der Waals surface area contributed by atoms with E-state index in [9.17, 15) is 23.6 Å². The number of carbonyl (C=O) groups is 4. The average molecular weight is 544 g/mol. The number of amides is 1. The van der Waals surface area contributed by atoms with E-state index in [4.69, 9.17) is 5.73 Å². The van der Waals surface area contributed by atoms with Gasteiger partial charge in [0.1, 0.15) is 6.67 Å². The molecule has 8 heteroatoms. The van der Waals surface area contributed by atoms with Gasteiger partial charge >= 0.3 is 0 Å². The van der Waals surface area contributed by atoms with Crippen molar-refractivity contribution in [3.05, 3.63) is 47.8 Å². The highest BCUT2D eigenvalue weighted by Crippen LogP contribution is 2.29. The molecule has 0 unspecified atom stereocenters. The Balaban J connectivity index is 2.10. The van der Waals surface area contributed by atoms with Gasteiger partial charge in [-0.05, 0) is 42.6 Å². The molecule has 0 aliphatic carbocycles. The third-order valence-electron chi connectivity index (χ3n) is 7.62. The molecule has 1 aromatic rings. The Hall–Kier alpha value is -3.03. The van der Waals surface area contributed by atoms with Crippen LogP contribution in [0.2, 0.25) is 0 Å². The van der Waals surface area contributed by atoms with E-state index < -0.39 is 30.3 Å². The number of halogens is 1. The van der Waals surface area contributed by atoms with Gasteiger partial charge in [-0.2, -0.15) is 0 Å². The molecule has 1 amide bonds. The second-order valence-corrected chi connectivity index (χ2v) is 12.1. The predicted molar refractivity (Wildman–Crippen MR) is 152 cm³/mol. The first-order valence-corrected chi connectivity index (χ1v) is 14.0. The first-order valence-electron chi connectivity index (χ1n) is 14.0. The minimum atomic E-state index is -1.13. The molecule has 39 heavy (non-hydrogen) atoms. The van der Waals surface area contributed by atoms with Crippen LogP contribution in [-0.2, 0) is 19.8 Å². The Kier molecular flexibility index (Phi) is 11.9.